The highest BCUT2D eigenvalue weighted by Gasteiger charge is 2.28. The molecule has 3 rings (SSSR count). The van der Waals surface area contributed by atoms with E-state index in [4.69, 9.17) is 9.57 Å². The van der Waals surface area contributed by atoms with Crippen molar-refractivity contribution in [1.29, 1.82) is 0 Å². The Morgan fingerprint density at radius 3 is 2.78 bits per heavy atom. The lowest BCUT2D eigenvalue weighted by atomic mass is 10.1. The van der Waals surface area contributed by atoms with Gasteiger partial charge in [0, 0.05) is 4.88 Å². The Labute approximate surface area is 162 Å². The van der Waals surface area contributed by atoms with Crippen LogP contribution in [0.2, 0.25) is 0 Å². The first-order valence-electron chi connectivity index (χ1n) is 8.92. The van der Waals surface area contributed by atoms with Crippen LogP contribution in [0.3, 0.4) is 0 Å². The molecule has 0 unspecified atom stereocenters. The van der Waals surface area contributed by atoms with Crippen molar-refractivity contribution in [1.82, 2.24) is 0 Å². The third kappa shape index (κ3) is 4.74. The van der Waals surface area contributed by atoms with Crippen LogP contribution in [-0.2, 0) is 27.2 Å². The molecule has 1 heterocycles. The first-order chi connectivity index (χ1) is 13.1. The molecule has 0 saturated heterocycles. The van der Waals surface area contributed by atoms with Gasteiger partial charge in [0.05, 0.1) is 18.4 Å². The Morgan fingerprint density at radius 1 is 1.26 bits per heavy atom. The van der Waals surface area contributed by atoms with Crippen molar-refractivity contribution in [2.24, 2.45) is 5.16 Å². The number of hydrogen-bond acceptors (Lipinski definition) is 6. The topological polar surface area (TPSA) is 77.0 Å². The smallest absolute Gasteiger partial charge is 0.341 e. The summed E-state index contributed by atoms with van der Waals surface area (Å²) in [6, 6.07) is 7.78. The number of ether oxygens (including phenoxy) is 1. The van der Waals surface area contributed by atoms with Gasteiger partial charge >= 0.3 is 5.97 Å². The normalized spacial score (nSPS) is 12.8. The van der Waals surface area contributed by atoms with Gasteiger partial charge < -0.3 is 14.9 Å². The highest BCUT2D eigenvalue weighted by atomic mass is 32.1. The number of anilines is 1. The SMILES string of the molecule is CCOC(=O)c1c(NC(=O)CO/N=C\c2ccc(C)cc2)sc2c1CCC2. The zero-order valence-electron chi connectivity index (χ0n) is 15.4. The zero-order valence-corrected chi connectivity index (χ0v) is 16.2. The number of hydrogen-bond donors (Lipinski definition) is 1. The standard InChI is InChI=1S/C20H22N2O4S/c1-3-25-20(24)18-15-5-4-6-16(15)27-19(18)22-17(23)12-26-21-11-14-9-7-13(2)8-10-14/h7-11H,3-6,12H2,1-2H3,(H,22,23)/b21-11-. The predicted octanol–water partition coefficient (Wildman–Crippen LogP) is 3.71. The van der Waals surface area contributed by atoms with Crippen molar-refractivity contribution in [3.63, 3.8) is 0 Å². The molecule has 27 heavy (non-hydrogen) atoms. The molecule has 6 nitrogen and oxygen atoms in total. The molecular formula is C20H22N2O4S. The van der Waals surface area contributed by atoms with Gasteiger partial charge in [0.2, 0.25) is 0 Å². The van der Waals surface area contributed by atoms with Gasteiger partial charge in [-0.15, -0.1) is 11.3 Å². The number of esters is 1. The average Bonchev–Trinajstić information content (AvgIpc) is 3.21. The lowest BCUT2D eigenvalue weighted by Gasteiger charge is -2.07. The van der Waals surface area contributed by atoms with E-state index in [1.54, 1.807) is 13.1 Å². The van der Waals surface area contributed by atoms with Crippen molar-refractivity contribution in [3.8, 4) is 0 Å². The Balaban J connectivity index is 1.59. The summed E-state index contributed by atoms with van der Waals surface area (Å²) in [5.41, 5.74) is 3.55. The zero-order chi connectivity index (χ0) is 19.2. The summed E-state index contributed by atoms with van der Waals surface area (Å²) in [5, 5.41) is 7.12. The quantitative estimate of drug-likeness (QED) is 0.447. The number of thiophene rings is 1. The molecular weight excluding hydrogens is 364 g/mol. The molecule has 1 aromatic carbocycles. The molecule has 1 aliphatic carbocycles. The van der Waals surface area contributed by atoms with E-state index in [9.17, 15) is 9.59 Å². The molecule has 0 radical (unpaired) electrons. The van der Waals surface area contributed by atoms with Gasteiger partial charge in [0.15, 0.2) is 6.61 Å². The summed E-state index contributed by atoms with van der Waals surface area (Å²) in [4.78, 5) is 30.7. The summed E-state index contributed by atoms with van der Waals surface area (Å²) in [7, 11) is 0. The summed E-state index contributed by atoms with van der Waals surface area (Å²) < 4.78 is 5.15. The van der Waals surface area contributed by atoms with Gasteiger partial charge in [0.1, 0.15) is 5.00 Å². The predicted molar refractivity (Wildman–Crippen MR) is 106 cm³/mol. The number of fused-ring (bicyclic) bond motifs is 1. The Hall–Kier alpha value is -2.67. The van der Waals surface area contributed by atoms with Crippen LogP contribution < -0.4 is 5.32 Å². The number of nitrogens with zero attached hydrogens (tertiary/aromatic N) is 1. The van der Waals surface area contributed by atoms with Crippen molar-refractivity contribution in [2.45, 2.75) is 33.1 Å². The Bertz CT molecular complexity index is 856. The first-order valence-corrected chi connectivity index (χ1v) is 9.73. The third-order valence-corrected chi connectivity index (χ3v) is 5.41. The number of nitrogens with one attached hydrogen (secondary N) is 1. The third-order valence-electron chi connectivity index (χ3n) is 4.20. The molecule has 1 N–H and O–H groups in total. The lowest BCUT2D eigenvalue weighted by molar-refractivity contribution is -0.120. The van der Waals surface area contributed by atoms with Crippen LogP contribution in [0.25, 0.3) is 0 Å². The van der Waals surface area contributed by atoms with Crippen LogP contribution in [0.4, 0.5) is 5.00 Å². The Morgan fingerprint density at radius 2 is 2.04 bits per heavy atom. The Kier molecular flexibility index (Phi) is 6.24. The van der Waals surface area contributed by atoms with E-state index in [2.05, 4.69) is 10.5 Å². The van der Waals surface area contributed by atoms with Gasteiger partial charge in [-0.2, -0.15) is 0 Å². The maximum Gasteiger partial charge on any atom is 0.341 e. The molecule has 142 valence electrons. The van der Waals surface area contributed by atoms with Gasteiger partial charge in [-0.1, -0.05) is 35.0 Å². The highest BCUT2D eigenvalue weighted by Crippen LogP contribution is 2.39. The van der Waals surface area contributed by atoms with Crippen LogP contribution in [0.5, 0.6) is 0 Å². The first kappa shape index (κ1) is 19.1. The summed E-state index contributed by atoms with van der Waals surface area (Å²) >= 11 is 1.44. The van der Waals surface area contributed by atoms with Crippen molar-refractivity contribution in [3.05, 3.63) is 51.4 Å². The number of aryl methyl sites for hydroxylation is 2. The summed E-state index contributed by atoms with van der Waals surface area (Å²) in [6.07, 6.45) is 4.35. The van der Waals surface area contributed by atoms with Gasteiger partial charge in [-0.05, 0) is 44.2 Å². The highest BCUT2D eigenvalue weighted by molar-refractivity contribution is 7.17. The maximum absolute atomic E-state index is 12.3. The van der Waals surface area contributed by atoms with Crippen molar-refractivity contribution >= 4 is 34.4 Å². The number of oxime groups is 1. The summed E-state index contributed by atoms with van der Waals surface area (Å²) in [5.74, 6) is -0.743. The minimum absolute atomic E-state index is 0.229. The fraction of sp³-hybridized carbons (Fsp3) is 0.350. The molecule has 0 fully saturated rings. The van der Waals surface area contributed by atoms with Crippen LogP contribution in [0.1, 0.15) is 45.3 Å². The lowest BCUT2D eigenvalue weighted by Crippen LogP contribution is -2.18. The largest absolute Gasteiger partial charge is 0.462 e. The van der Waals surface area contributed by atoms with E-state index in [1.165, 1.54) is 11.3 Å². The van der Waals surface area contributed by atoms with E-state index in [1.807, 2.05) is 31.2 Å². The maximum atomic E-state index is 12.3. The average molecular weight is 386 g/mol. The molecule has 0 bridgehead atoms. The van der Waals surface area contributed by atoms with Crippen molar-refractivity contribution < 1.29 is 19.2 Å². The monoisotopic (exact) mass is 386 g/mol. The minimum atomic E-state index is -0.384. The molecule has 0 aliphatic heterocycles. The second kappa shape index (κ2) is 8.81. The molecule has 1 aliphatic rings. The summed E-state index contributed by atoms with van der Waals surface area (Å²) in [6.45, 7) is 3.84. The van der Waals surface area contributed by atoms with Crippen LogP contribution in [0, 0.1) is 6.92 Å². The van der Waals surface area contributed by atoms with Crippen LogP contribution in [0.15, 0.2) is 29.4 Å². The molecule has 0 spiro atoms. The van der Waals surface area contributed by atoms with E-state index < -0.39 is 0 Å². The molecule has 0 atom stereocenters. The number of carbonyl (C=O) groups is 2. The van der Waals surface area contributed by atoms with Crippen LogP contribution >= 0.6 is 11.3 Å². The van der Waals surface area contributed by atoms with E-state index >= 15 is 0 Å². The van der Waals surface area contributed by atoms with Gasteiger partial charge in [-0.3, -0.25) is 4.79 Å². The molecule has 1 aromatic heterocycles. The van der Waals surface area contributed by atoms with E-state index in [-0.39, 0.29) is 18.5 Å². The second-order valence-corrected chi connectivity index (χ2v) is 7.35. The minimum Gasteiger partial charge on any atom is -0.462 e. The fourth-order valence-electron chi connectivity index (χ4n) is 2.92. The molecule has 0 saturated carbocycles. The van der Waals surface area contributed by atoms with Gasteiger partial charge in [0.25, 0.3) is 5.91 Å². The van der Waals surface area contributed by atoms with E-state index in [0.717, 1.165) is 40.8 Å². The molecule has 1 amide bonds. The van der Waals surface area contributed by atoms with Crippen molar-refractivity contribution in [2.75, 3.05) is 18.5 Å². The second-order valence-electron chi connectivity index (χ2n) is 6.25. The number of amides is 1. The van der Waals surface area contributed by atoms with Gasteiger partial charge in [-0.25, -0.2) is 4.79 Å². The number of rotatable bonds is 7. The molecule has 2 aromatic rings. The molecule has 7 heteroatoms. The van der Waals surface area contributed by atoms with E-state index in [0.29, 0.717) is 17.2 Å². The van der Waals surface area contributed by atoms with Crippen LogP contribution in [-0.4, -0.2) is 31.3 Å². The number of carbonyl (C=O) groups excluding carboxylic acids is 2. The fourth-order valence-corrected chi connectivity index (χ4v) is 4.21. The number of benzene rings is 1.